The standard InChI is InChI=1S/4GeH4.H4Si/h5*1H4. The van der Waals surface area contributed by atoms with Crippen LogP contribution in [0.1, 0.15) is 0 Å². The molecule has 40 valence electrons. The van der Waals surface area contributed by atoms with Gasteiger partial charge in [-0.15, -0.1) is 0 Å². The molecule has 0 nitrogen and oxygen atoms in total. The monoisotopic (exact) mass is 344 g/mol. The molecule has 0 saturated heterocycles. The Morgan fingerprint density at radius 2 is 0.400 bits per heavy atom. The van der Waals surface area contributed by atoms with Crippen LogP contribution in [0.15, 0.2) is 0 Å². The van der Waals surface area contributed by atoms with E-state index in [0.29, 0.717) is 0 Å². The zero-order valence-electron chi connectivity index (χ0n) is 0. The van der Waals surface area contributed by atoms with E-state index in [9.17, 15) is 0 Å². The molecule has 0 rings (SSSR count). The van der Waals surface area contributed by atoms with Crippen molar-refractivity contribution in [3.05, 3.63) is 0 Å². The summed E-state index contributed by atoms with van der Waals surface area (Å²) in [5.74, 6) is 0. The van der Waals surface area contributed by atoms with Gasteiger partial charge in [0, 0.05) is 0 Å². The van der Waals surface area contributed by atoms with Crippen molar-refractivity contribution in [1.29, 1.82) is 0 Å². The Hall–Kier alpha value is 2.39. The van der Waals surface area contributed by atoms with Crippen LogP contribution in [0.25, 0.3) is 0 Å². The molecule has 0 aliphatic heterocycles. The Morgan fingerprint density at radius 3 is 0.400 bits per heavy atom. The van der Waals surface area contributed by atoms with Gasteiger partial charge in [0.15, 0.2) is 0 Å². The molecule has 0 saturated carbocycles. The summed E-state index contributed by atoms with van der Waals surface area (Å²) in [6.07, 6.45) is 0. The van der Waals surface area contributed by atoms with Crippen LogP contribution < -0.4 is 0 Å². The van der Waals surface area contributed by atoms with Crippen LogP contribution in [0, 0.1) is 0 Å². The molecule has 0 spiro atoms. The molecular formula is H20Ge4Si. The van der Waals surface area contributed by atoms with E-state index >= 15 is 0 Å². The molecule has 0 bridgehead atoms. The van der Waals surface area contributed by atoms with Crippen molar-refractivity contribution in [2.24, 2.45) is 0 Å². The van der Waals surface area contributed by atoms with Gasteiger partial charge in [-0.3, -0.25) is 0 Å². The predicted octanol–water partition coefficient (Wildman–Crippen LogP) is -7.26. The van der Waals surface area contributed by atoms with E-state index in [-0.39, 0.29) is 81.4 Å². The fraction of sp³-hybridized carbons (Fsp3) is 0. The van der Waals surface area contributed by atoms with E-state index in [1.807, 2.05) is 0 Å². The van der Waals surface area contributed by atoms with Crippen LogP contribution in [-0.2, 0) is 0 Å². The Labute approximate surface area is 80.5 Å². The smallest absolute Gasteiger partial charge is 0.0149 e. The number of hydrogen-bond acceptors (Lipinski definition) is 0. The van der Waals surface area contributed by atoms with E-state index in [2.05, 4.69) is 0 Å². The molecule has 0 aliphatic rings. The van der Waals surface area contributed by atoms with Crippen LogP contribution in [0.2, 0.25) is 0 Å². The Kier molecular flexibility index (Phi) is 344. The van der Waals surface area contributed by atoms with E-state index in [1.54, 1.807) is 0 Å². The normalized spacial score (nSPS) is 0. The molecule has 0 N–H and O–H groups in total. The molecule has 0 radical (unpaired) electrons. The maximum atomic E-state index is 0. The summed E-state index contributed by atoms with van der Waals surface area (Å²) in [5.41, 5.74) is 0. The molecule has 0 aromatic rings. The molecule has 0 amide bonds. The number of rotatable bonds is 0. The molecule has 0 aromatic heterocycles. The van der Waals surface area contributed by atoms with E-state index in [1.165, 1.54) is 0 Å². The Morgan fingerprint density at radius 1 is 0.400 bits per heavy atom. The van der Waals surface area contributed by atoms with Crippen molar-refractivity contribution in [1.82, 2.24) is 0 Å². The van der Waals surface area contributed by atoms with Crippen LogP contribution in [-0.4, -0.2) is 81.4 Å². The van der Waals surface area contributed by atoms with E-state index in [0.717, 1.165) is 0 Å². The molecule has 0 fully saturated rings. The first-order valence-electron chi connectivity index (χ1n) is 0. The molecule has 5 heavy (non-hydrogen) atoms. The van der Waals surface area contributed by atoms with Gasteiger partial charge in [0.05, 0.1) is 0 Å². The van der Waals surface area contributed by atoms with Crippen molar-refractivity contribution >= 4 is 81.4 Å². The van der Waals surface area contributed by atoms with Crippen LogP contribution in [0.4, 0.5) is 0 Å². The van der Waals surface area contributed by atoms with Gasteiger partial charge in [-0.1, -0.05) is 0 Å². The van der Waals surface area contributed by atoms with Gasteiger partial charge in [-0.05, 0) is 11.0 Å². The molecule has 0 unspecified atom stereocenters. The second-order valence-electron chi connectivity index (χ2n) is 0. The minimum atomic E-state index is 0. The first-order valence-corrected chi connectivity index (χ1v) is 0. The fourth-order valence-electron chi connectivity index (χ4n) is 0. The van der Waals surface area contributed by atoms with Crippen molar-refractivity contribution in [2.45, 2.75) is 0 Å². The first kappa shape index (κ1) is 52.9. The zero-order valence-corrected chi connectivity index (χ0v) is 0. The summed E-state index contributed by atoms with van der Waals surface area (Å²) in [6, 6.07) is 0. The predicted molar refractivity (Wildman–Crippen MR) is 56.7 cm³/mol. The average Bonchev–Trinajstić information content (AvgIpc) is 0. The Balaban J connectivity index is 0. The molecule has 0 aliphatic carbocycles. The maximum absolute atomic E-state index is 0. The third-order valence-corrected chi connectivity index (χ3v) is 0. The summed E-state index contributed by atoms with van der Waals surface area (Å²) >= 11 is 0. The number of hydrogen-bond donors (Lipinski definition) is 0. The maximum Gasteiger partial charge on any atom is -0.0149 e. The summed E-state index contributed by atoms with van der Waals surface area (Å²) in [7, 11) is 0. The minimum absolute atomic E-state index is 0. The molecule has 5 heteroatoms. The van der Waals surface area contributed by atoms with E-state index in [4.69, 9.17) is 0 Å². The van der Waals surface area contributed by atoms with Crippen molar-refractivity contribution in [3.63, 3.8) is 0 Å². The molecule has 0 heterocycles. The molecule has 0 aromatic carbocycles. The third kappa shape index (κ3) is 21.6. The largest absolute Gasteiger partial charge is 0.0149 e. The van der Waals surface area contributed by atoms with Gasteiger partial charge in [-0.25, -0.2) is 0 Å². The molecule has 0 atom stereocenters. The van der Waals surface area contributed by atoms with Crippen LogP contribution >= 0.6 is 0 Å². The fourth-order valence-corrected chi connectivity index (χ4v) is 0. The second kappa shape index (κ2) is 32.5. The van der Waals surface area contributed by atoms with Crippen molar-refractivity contribution in [3.8, 4) is 0 Å². The van der Waals surface area contributed by atoms with Crippen molar-refractivity contribution < 1.29 is 0 Å². The van der Waals surface area contributed by atoms with Crippen LogP contribution in [0.5, 0.6) is 0 Å². The van der Waals surface area contributed by atoms with Crippen LogP contribution in [0.3, 0.4) is 0 Å². The SMILES string of the molecule is [GeH4].[GeH4].[GeH4].[GeH4].[SiH4]. The minimum Gasteiger partial charge on any atom is -0.0149 e. The topological polar surface area (TPSA) is 0 Å². The van der Waals surface area contributed by atoms with Gasteiger partial charge in [-0.2, -0.15) is 0 Å². The molecular weight excluding hydrogens is 319 g/mol. The van der Waals surface area contributed by atoms with Gasteiger partial charge in [0.25, 0.3) is 0 Å². The quantitative estimate of drug-likeness (QED) is 0.385. The van der Waals surface area contributed by atoms with Gasteiger partial charge in [0.2, 0.25) is 0 Å². The third-order valence-electron chi connectivity index (χ3n) is 0. The zero-order chi connectivity index (χ0) is 0. The summed E-state index contributed by atoms with van der Waals surface area (Å²) in [4.78, 5) is 0. The van der Waals surface area contributed by atoms with Gasteiger partial charge >= 0.3 is 70.4 Å². The van der Waals surface area contributed by atoms with Crippen molar-refractivity contribution in [2.75, 3.05) is 0 Å². The second-order valence-corrected chi connectivity index (χ2v) is 0. The van der Waals surface area contributed by atoms with Gasteiger partial charge in [0.1, 0.15) is 0 Å². The Bertz CT molecular complexity index is 3.61. The average molecular weight is 339 g/mol. The van der Waals surface area contributed by atoms with E-state index < -0.39 is 0 Å². The van der Waals surface area contributed by atoms with Gasteiger partial charge < -0.3 is 0 Å². The first-order chi connectivity index (χ1) is 0. The summed E-state index contributed by atoms with van der Waals surface area (Å²) < 4.78 is 0. The summed E-state index contributed by atoms with van der Waals surface area (Å²) in [5, 5.41) is 0. The summed E-state index contributed by atoms with van der Waals surface area (Å²) in [6.45, 7) is 0.